The van der Waals surface area contributed by atoms with E-state index in [4.69, 9.17) is 0 Å². The highest BCUT2D eigenvalue weighted by molar-refractivity contribution is 5.78. The van der Waals surface area contributed by atoms with E-state index < -0.39 is 6.10 Å². The number of rotatable bonds is 37. The summed E-state index contributed by atoms with van der Waals surface area (Å²) < 4.78 is 0. The fourth-order valence-electron chi connectivity index (χ4n) is 6.14. The number of nitrogens with one attached hydrogen (secondary N) is 1. The van der Waals surface area contributed by atoms with Crippen molar-refractivity contribution in [3.8, 4) is 0 Å². The van der Waals surface area contributed by atoms with Crippen LogP contribution in [0.25, 0.3) is 0 Å². The molecule has 4 heteroatoms. The molecular formula is C40H79NO3. The standard InChI is InChI=1S/C40H79NO3/c1-3-5-7-9-11-13-15-16-18-20-22-27-31-35-40(44)39(37-42)41-36-32-28-24-23-26-30-34-38(43)33-29-25-21-19-17-14-12-10-8-6-4-2/h31,35,39-42,44H,3-30,32-34,36-37H2,1-2H3/b35-31+/t39-,40+/m0/s1. The number of hydrogen-bond donors (Lipinski definition) is 3. The van der Waals surface area contributed by atoms with Crippen molar-refractivity contribution in [2.75, 3.05) is 13.2 Å². The van der Waals surface area contributed by atoms with Gasteiger partial charge in [0.15, 0.2) is 0 Å². The molecule has 0 unspecified atom stereocenters. The fourth-order valence-corrected chi connectivity index (χ4v) is 6.14. The highest BCUT2D eigenvalue weighted by Crippen LogP contribution is 2.15. The van der Waals surface area contributed by atoms with E-state index in [0.717, 1.165) is 57.9 Å². The highest BCUT2D eigenvalue weighted by Gasteiger charge is 2.14. The molecule has 0 radical (unpaired) electrons. The second-order valence-electron chi connectivity index (χ2n) is 13.7. The van der Waals surface area contributed by atoms with Crippen LogP contribution in [0.1, 0.15) is 213 Å². The Bertz CT molecular complexity index is 593. The van der Waals surface area contributed by atoms with Gasteiger partial charge in [-0.2, -0.15) is 0 Å². The summed E-state index contributed by atoms with van der Waals surface area (Å²) in [6.07, 6.45) is 42.2. The van der Waals surface area contributed by atoms with Gasteiger partial charge in [-0.05, 0) is 38.6 Å². The monoisotopic (exact) mass is 622 g/mol. The van der Waals surface area contributed by atoms with Crippen molar-refractivity contribution in [3.63, 3.8) is 0 Å². The van der Waals surface area contributed by atoms with E-state index in [9.17, 15) is 15.0 Å². The summed E-state index contributed by atoms with van der Waals surface area (Å²) >= 11 is 0. The zero-order chi connectivity index (χ0) is 32.2. The second-order valence-corrected chi connectivity index (χ2v) is 13.7. The molecule has 0 rings (SSSR count). The van der Waals surface area contributed by atoms with Crippen LogP contribution < -0.4 is 5.32 Å². The largest absolute Gasteiger partial charge is 0.395 e. The van der Waals surface area contributed by atoms with Crippen LogP contribution in [-0.4, -0.2) is 41.3 Å². The Kier molecular flexibility index (Phi) is 36.2. The molecule has 0 spiro atoms. The van der Waals surface area contributed by atoms with Gasteiger partial charge in [-0.3, -0.25) is 4.79 Å². The predicted octanol–water partition coefficient (Wildman–Crippen LogP) is 11.6. The van der Waals surface area contributed by atoms with Gasteiger partial charge < -0.3 is 15.5 Å². The van der Waals surface area contributed by atoms with Crippen LogP contribution in [0.2, 0.25) is 0 Å². The van der Waals surface area contributed by atoms with Crippen molar-refractivity contribution in [2.45, 2.75) is 225 Å². The van der Waals surface area contributed by atoms with Gasteiger partial charge in [0.2, 0.25) is 0 Å². The summed E-state index contributed by atoms with van der Waals surface area (Å²) in [7, 11) is 0. The maximum absolute atomic E-state index is 12.2. The molecule has 3 N–H and O–H groups in total. The second kappa shape index (κ2) is 36.8. The van der Waals surface area contributed by atoms with Crippen molar-refractivity contribution in [1.29, 1.82) is 0 Å². The Morgan fingerprint density at radius 2 is 0.909 bits per heavy atom. The first-order valence-corrected chi connectivity index (χ1v) is 19.9. The number of hydrogen-bond acceptors (Lipinski definition) is 4. The Hall–Kier alpha value is -0.710. The first-order chi connectivity index (χ1) is 21.7. The van der Waals surface area contributed by atoms with E-state index in [0.29, 0.717) is 5.78 Å². The van der Waals surface area contributed by atoms with Crippen LogP contribution in [0.4, 0.5) is 0 Å². The molecule has 0 aromatic rings. The minimum Gasteiger partial charge on any atom is -0.395 e. The smallest absolute Gasteiger partial charge is 0.132 e. The van der Waals surface area contributed by atoms with E-state index in [1.165, 1.54) is 148 Å². The summed E-state index contributed by atoms with van der Waals surface area (Å²) in [5.74, 6) is 0.464. The summed E-state index contributed by atoms with van der Waals surface area (Å²) in [6.45, 7) is 5.33. The van der Waals surface area contributed by atoms with Gasteiger partial charge in [0.25, 0.3) is 0 Å². The third-order valence-corrected chi connectivity index (χ3v) is 9.26. The van der Waals surface area contributed by atoms with E-state index in [-0.39, 0.29) is 12.6 Å². The maximum atomic E-state index is 12.2. The number of allylic oxidation sites excluding steroid dienone is 1. The number of ketones is 1. The molecule has 2 atom stereocenters. The van der Waals surface area contributed by atoms with Crippen LogP contribution in [0.15, 0.2) is 12.2 Å². The molecule has 0 aliphatic rings. The maximum Gasteiger partial charge on any atom is 0.132 e. The lowest BCUT2D eigenvalue weighted by molar-refractivity contribution is -0.119. The van der Waals surface area contributed by atoms with Crippen molar-refractivity contribution in [1.82, 2.24) is 5.32 Å². The molecule has 0 aromatic carbocycles. The van der Waals surface area contributed by atoms with E-state index in [1.54, 1.807) is 0 Å². The molecule has 0 aliphatic heterocycles. The summed E-state index contributed by atoms with van der Waals surface area (Å²) in [6, 6.07) is -0.282. The Labute approximate surface area is 276 Å². The zero-order valence-electron chi connectivity index (χ0n) is 29.9. The number of Topliss-reactive ketones (excluding diaryl/α,β-unsaturated/α-hetero) is 1. The van der Waals surface area contributed by atoms with Gasteiger partial charge >= 0.3 is 0 Å². The van der Waals surface area contributed by atoms with Gasteiger partial charge in [0.05, 0.1) is 18.8 Å². The molecule has 0 bridgehead atoms. The lowest BCUT2D eigenvalue weighted by atomic mass is 10.0. The Balaban J connectivity index is 3.51. The van der Waals surface area contributed by atoms with Gasteiger partial charge in [0.1, 0.15) is 5.78 Å². The normalized spacial score (nSPS) is 13.2. The third kappa shape index (κ3) is 32.7. The molecule has 0 fully saturated rings. The topological polar surface area (TPSA) is 69.6 Å². The lowest BCUT2D eigenvalue weighted by Crippen LogP contribution is -2.42. The molecular weight excluding hydrogens is 542 g/mol. The molecule has 4 nitrogen and oxygen atoms in total. The molecule has 0 aromatic heterocycles. The van der Waals surface area contributed by atoms with E-state index in [2.05, 4.69) is 25.2 Å². The van der Waals surface area contributed by atoms with E-state index >= 15 is 0 Å². The predicted molar refractivity (Wildman–Crippen MR) is 194 cm³/mol. The van der Waals surface area contributed by atoms with Crippen LogP contribution in [0, 0.1) is 0 Å². The summed E-state index contributed by atoms with van der Waals surface area (Å²) in [4.78, 5) is 12.2. The summed E-state index contributed by atoms with van der Waals surface area (Å²) in [5.41, 5.74) is 0. The van der Waals surface area contributed by atoms with Crippen molar-refractivity contribution in [3.05, 3.63) is 12.2 Å². The number of unbranched alkanes of at least 4 members (excludes halogenated alkanes) is 26. The number of aliphatic hydroxyl groups is 2. The first-order valence-electron chi connectivity index (χ1n) is 19.9. The van der Waals surface area contributed by atoms with Crippen molar-refractivity contribution >= 4 is 5.78 Å². The van der Waals surface area contributed by atoms with Crippen molar-refractivity contribution in [2.24, 2.45) is 0 Å². The van der Waals surface area contributed by atoms with Crippen molar-refractivity contribution < 1.29 is 15.0 Å². The molecule has 44 heavy (non-hydrogen) atoms. The van der Waals surface area contributed by atoms with Crippen LogP contribution >= 0.6 is 0 Å². The lowest BCUT2D eigenvalue weighted by Gasteiger charge is -2.19. The van der Waals surface area contributed by atoms with Gasteiger partial charge in [-0.1, -0.05) is 180 Å². The first kappa shape index (κ1) is 43.3. The van der Waals surface area contributed by atoms with E-state index in [1.807, 2.05) is 6.08 Å². The molecule has 0 saturated carbocycles. The Morgan fingerprint density at radius 1 is 0.545 bits per heavy atom. The average molecular weight is 622 g/mol. The highest BCUT2D eigenvalue weighted by atomic mass is 16.3. The number of carbonyl (C=O) groups is 1. The third-order valence-electron chi connectivity index (χ3n) is 9.26. The molecule has 0 aliphatic carbocycles. The van der Waals surface area contributed by atoms with Crippen LogP contribution in [0.5, 0.6) is 0 Å². The number of carbonyl (C=O) groups excluding carboxylic acids is 1. The average Bonchev–Trinajstić information content (AvgIpc) is 3.03. The molecule has 0 amide bonds. The summed E-state index contributed by atoms with van der Waals surface area (Å²) in [5, 5.41) is 23.5. The number of aliphatic hydroxyl groups excluding tert-OH is 2. The molecule has 0 saturated heterocycles. The van der Waals surface area contributed by atoms with Gasteiger partial charge in [0, 0.05) is 12.8 Å². The van der Waals surface area contributed by atoms with Crippen LogP contribution in [-0.2, 0) is 4.79 Å². The van der Waals surface area contributed by atoms with Gasteiger partial charge in [-0.25, -0.2) is 0 Å². The quantitative estimate of drug-likeness (QED) is 0.0477. The minimum atomic E-state index is -0.629. The fraction of sp³-hybridized carbons (Fsp3) is 0.925. The minimum absolute atomic E-state index is 0.0445. The molecule has 0 heterocycles. The molecule has 262 valence electrons. The Morgan fingerprint density at radius 3 is 1.32 bits per heavy atom. The van der Waals surface area contributed by atoms with Crippen LogP contribution in [0.3, 0.4) is 0 Å². The van der Waals surface area contributed by atoms with Gasteiger partial charge in [-0.15, -0.1) is 0 Å². The zero-order valence-corrected chi connectivity index (χ0v) is 29.9. The SMILES string of the molecule is CCCCCCCCCCCCC/C=C/[C@@H](O)[C@H](CO)NCCCCCCCCC(=O)CCCCCCCCCCCCC.